The van der Waals surface area contributed by atoms with Crippen molar-refractivity contribution in [2.45, 2.75) is 6.92 Å². The SMILES string of the molecule is Cc1cc(Br)nc2c(F)cccc12. The smallest absolute Gasteiger partial charge is 0.149 e. The molecule has 1 aromatic carbocycles. The van der Waals surface area contributed by atoms with Gasteiger partial charge in [0.15, 0.2) is 0 Å². The number of rotatable bonds is 0. The minimum absolute atomic E-state index is 0.276. The molecule has 3 heteroatoms. The Hall–Kier alpha value is -0.960. The van der Waals surface area contributed by atoms with E-state index in [-0.39, 0.29) is 5.82 Å². The minimum Gasteiger partial charge on any atom is -0.238 e. The average Bonchev–Trinajstić information content (AvgIpc) is 2.07. The highest BCUT2D eigenvalue weighted by Gasteiger charge is 2.04. The Kier molecular flexibility index (Phi) is 2.04. The fourth-order valence-corrected chi connectivity index (χ4v) is 1.86. The number of aryl methyl sites for hydroxylation is 1. The first kappa shape index (κ1) is 8.63. The van der Waals surface area contributed by atoms with Gasteiger partial charge in [0.2, 0.25) is 0 Å². The molecule has 2 aromatic rings. The molecular weight excluding hydrogens is 233 g/mol. The molecule has 0 bridgehead atoms. The van der Waals surface area contributed by atoms with Crippen molar-refractivity contribution in [2.75, 3.05) is 0 Å². The number of nitrogens with zero attached hydrogens (tertiary/aromatic N) is 1. The number of aromatic nitrogens is 1. The Morgan fingerprint density at radius 3 is 2.92 bits per heavy atom. The minimum atomic E-state index is -0.276. The monoisotopic (exact) mass is 239 g/mol. The molecule has 0 unspecified atom stereocenters. The quantitative estimate of drug-likeness (QED) is 0.642. The summed E-state index contributed by atoms with van der Waals surface area (Å²) in [7, 11) is 0. The molecule has 0 atom stereocenters. The molecule has 1 aromatic heterocycles. The van der Waals surface area contributed by atoms with E-state index in [0.29, 0.717) is 10.1 Å². The molecule has 1 nitrogen and oxygen atoms in total. The number of para-hydroxylation sites is 1. The van der Waals surface area contributed by atoms with Gasteiger partial charge in [0, 0.05) is 5.39 Å². The van der Waals surface area contributed by atoms with Gasteiger partial charge in [0.05, 0.1) is 0 Å². The first-order valence-corrected chi connectivity index (χ1v) is 4.69. The number of hydrogen-bond acceptors (Lipinski definition) is 1. The molecule has 0 fully saturated rings. The lowest BCUT2D eigenvalue weighted by Crippen LogP contribution is -1.87. The van der Waals surface area contributed by atoms with Gasteiger partial charge in [-0.15, -0.1) is 0 Å². The lowest BCUT2D eigenvalue weighted by Gasteiger charge is -2.02. The van der Waals surface area contributed by atoms with Gasteiger partial charge in [-0.2, -0.15) is 0 Å². The van der Waals surface area contributed by atoms with Crippen molar-refractivity contribution in [3.05, 3.63) is 40.2 Å². The summed E-state index contributed by atoms with van der Waals surface area (Å²) < 4.78 is 13.9. The van der Waals surface area contributed by atoms with Crippen molar-refractivity contribution in [3.63, 3.8) is 0 Å². The standard InChI is InChI=1S/C10H7BrFN/c1-6-5-9(11)13-10-7(6)3-2-4-8(10)12/h2-5H,1H3. The number of fused-ring (bicyclic) bond motifs is 1. The molecular formula is C10H7BrFN. The van der Waals surface area contributed by atoms with Crippen molar-refractivity contribution in [2.24, 2.45) is 0 Å². The Bertz CT molecular complexity index is 468. The second kappa shape index (κ2) is 3.07. The van der Waals surface area contributed by atoms with Crippen LogP contribution in [0.1, 0.15) is 5.56 Å². The maximum Gasteiger partial charge on any atom is 0.149 e. The highest BCUT2D eigenvalue weighted by Crippen LogP contribution is 2.22. The van der Waals surface area contributed by atoms with Gasteiger partial charge in [-0.05, 0) is 40.5 Å². The van der Waals surface area contributed by atoms with Crippen LogP contribution in [0.5, 0.6) is 0 Å². The first-order chi connectivity index (χ1) is 6.18. The second-order valence-corrected chi connectivity index (χ2v) is 3.71. The summed E-state index contributed by atoms with van der Waals surface area (Å²) in [6, 6.07) is 6.86. The van der Waals surface area contributed by atoms with Gasteiger partial charge in [-0.1, -0.05) is 12.1 Å². The Labute approximate surface area is 83.7 Å². The summed E-state index contributed by atoms with van der Waals surface area (Å²) in [4.78, 5) is 4.08. The van der Waals surface area contributed by atoms with Gasteiger partial charge in [0.1, 0.15) is 15.9 Å². The van der Waals surface area contributed by atoms with E-state index in [9.17, 15) is 4.39 Å². The lowest BCUT2D eigenvalue weighted by molar-refractivity contribution is 0.636. The van der Waals surface area contributed by atoms with E-state index < -0.39 is 0 Å². The molecule has 0 N–H and O–H groups in total. The third-order valence-electron chi connectivity index (χ3n) is 1.97. The van der Waals surface area contributed by atoms with Crippen LogP contribution in [0.4, 0.5) is 4.39 Å². The lowest BCUT2D eigenvalue weighted by atomic mass is 10.1. The maximum atomic E-state index is 13.3. The highest BCUT2D eigenvalue weighted by molar-refractivity contribution is 9.10. The topological polar surface area (TPSA) is 12.9 Å². The first-order valence-electron chi connectivity index (χ1n) is 3.90. The molecule has 0 radical (unpaired) electrons. The van der Waals surface area contributed by atoms with E-state index in [1.165, 1.54) is 6.07 Å². The van der Waals surface area contributed by atoms with E-state index in [4.69, 9.17) is 0 Å². The predicted molar refractivity (Wildman–Crippen MR) is 54.1 cm³/mol. The van der Waals surface area contributed by atoms with Crippen LogP contribution in [0.2, 0.25) is 0 Å². The van der Waals surface area contributed by atoms with Gasteiger partial charge in [-0.3, -0.25) is 0 Å². The number of halogens is 2. The van der Waals surface area contributed by atoms with E-state index >= 15 is 0 Å². The summed E-state index contributed by atoms with van der Waals surface area (Å²) in [5.41, 5.74) is 1.45. The van der Waals surface area contributed by atoms with Crippen molar-refractivity contribution < 1.29 is 4.39 Å². The number of pyridine rings is 1. The molecule has 2 rings (SSSR count). The van der Waals surface area contributed by atoms with Gasteiger partial charge in [0.25, 0.3) is 0 Å². The average molecular weight is 240 g/mol. The molecule has 13 heavy (non-hydrogen) atoms. The summed E-state index contributed by atoms with van der Waals surface area (Å²) in [6.07, 6.45) is 0. The van der Waals surface area contributed by atoms with Gasteiger partial charge < -0.3 is 0 Å². The highest BCUT2D eigenvalue weighted by atomic mass is 79.9. The van der Waals surface area contributed by atoms with Crippen LogP contribution >= 0.6 is 15.9 Å². The molecule has 0 aliphatic rings. The third-order valence-corrected chi connectivity index (χ3v) is 2.37. The fourth-order valence-electron chi connectivity index (χ4n) is 1.34. The molecule has 0 amide bonds. The van der Waals surface area contributed by atoms with Crippen LogP contribution in [-0.4, -0.2) is 4.98 Å². The van der Waals surface area contributed by atoms with E-state index in [2.05, 4.69) is 20.9 Å². The van der Waals surface area contributed by atoms with E-state index in [0.717, 1.165) is 10.9 Å². The molecule has 66 valence electrons. The van der Waals surface area contributed by atoms with Crippen LogP contribution in [0.3, 0.4) is 0 Å². The van der Waals surface area contributed by atoms with Crippen molar-refractivity contribution in [1.29, 1.82) is 0 Å². The van der Waals surface area contributed by atoms with E-state index in [1.807, 2.05) is 19.1 Å². The summed E-state index contributed by atoms with van der Waals surface area (Å²) in [5.74, 6) is -0.276. The molecule has 0 saturated heterocycles. The Morgan fingerprint density at radius 2 is 2.15 bits per heavy atom. The normalized spacial score (nSPS) is 10.7. The largest absolute Gasteiger partial charge is 0.238 e. The maximum absolute atomic E-state index is 13.3. The molecule has 0 aliphatic carbocycles. The number of benzene rings is 1. The zero-order valence-electron chi connectivity index (χ0n) is 7.01. The Morgan fingerprint density at radius 1 is 1.38 bits per heavy atom. The van der Waals surface area contributed by atoms with Crippen LogP contribution < -0.4 is 0 Å². The Balaban J connectivity index is 2.94. The van der Waals surface area contributed by atoms with Crippen molar-refractivity contribution in [3.8, 4) is 0 Å². The van der Waals surface area contributed by atoms with Crippen LogP contribution in [0.15, 0.2) is 28.9 Å². The summed E-state index contributed by atoms with van der Waals surface area (Å²) in [6.45, 7) is 1.94. The van der Waals surface area contributed by atoms with Crippen molar-refractivity contribution >= 4 is 26.8 Å². The van der Waals surface area contributed by atoms with Crippen LogP contribution in [-0.2, 0) is 0 Å². The van der Waals surface area contributed by atoms with E-state index in [1.54, 1.807) is 6.07 Å². The summed E-state index contributed by atoms with van der Waals surface area (Å²) in [5, 5.41) is 0.864. The summed E-state index contributed by atoms with van der Waals surface area (Å²) >= 11 is 3.24. The van der Waals surface area contributed by atoms with Crippen molar-refractivity contribution in [1.82, 2.24) is 4.98 Å². The predicted octanol–water partition coefficient (Wildman–Crippen LogP) is 3.44. The van der Waals surface area contributed by atoms with Gasteiger partial charge >= 0.3 is 0 Å². The third kappa shape index (κ3) is 1.44. The molecule has 1 heterocycles. The molecule has 0 saturated carbocycles. The van der Waals surface area contributed by atoms with Gasteiger partial charge in [-0.25, -0.2) is 9.37 Å². The zero-order chi connectivity index (χ0) is 9.42. The molecule has 0 spiro atoms. The molecule has 0 aliphatic heterocycles. The fraction of sp³-hybridized carbons (Fsp3) is 0.100. The van der Waals surface area contributed by atoms with Crippen LogP contribution in [0, 0.1) is 12.7 Å². The second-order valence-electron chi connectivity index (χ2n) is 2.90. The number of hydrogen-bond donors (Lipinski definition) is 0. The zero-order valence-corrected chi connectivity index (χ0v) is 8.60. The van der Waals surface area contributed by atoms with Crippen LogP contribution in [0.25, 0.3) is 10.9 Å².